The molecule has 0 spiro atoms. The van der Waals surface area contributed by atoms with Gasteiger partial charge in [-0.05, 0) is 46.6 Å². The Bertz CT molecular complexity index is 734. The summed E-state index contributed by atoms with van der Waals surface area (Å²) in [6, 6.07) is 8.06. The minimum atomic E-state index is -0.827. The fourth-order valence-electron chi connectivity index (χ4n) is 1.79. The molecule has 0 aromatic heterocycles. The molecule has 122 valence electrons. The highest BCUT2D eigenvalue weighted by Gasteiger charge is 2.14. The molecule has 0 fully saturated rings. The SMILES string of the molecule is COC(=O)Oc1cccc(Br)c1COc1cc(F)c(C)cc1Br. The molecule has 0 heterocycles. The van der Waals surface area contributed by atoms with Crippen molar-refractivity contribution in [1.29, 1.82) is 0 Å². The van der Waals surface area contributed by atoms with Crippen LogP contribution in [0.25, 0.3) is 0 Å². The first-order valence-corrected chi connectivity index (χ1v) is 8.12. The van der Waals surface area contributed by atoms with Crippen molar-refractivity contribution in [1.82, 2.24) is 0 Å². The van der Waals surface area contributed by atoms with Gasteiger partial charge in [0.2, 0.25) is 0 Å². The van der Waals surface area contributed by atoms with Crippen LogP contribution in [-0.2, 0) is 11.3 Å². The van der Waals surface area contributed by atoms with Crippen LogP contribution in [-0.4, -0.2) is 13.3 Å². The second-order valence-corrected chi connectivity index (χ2v) is 6.30. The largest absolute Gasteiger partial charge is 0.513 e. The van der Waals surface area contributed by atoms with Gasteiger partial charge in [-0.3, -0.25) is 0 Å². The van der Waals surface area contributed by atoms with Crippen LogP contribution >= 0.6 is 31.9 Å². The van der Waals surface area contributed by atoms with E-state index in [1.54, 1.807) is 31.2 Å². The highest BCUT2D eigenvalue weighted by Crippen LogP contribution is 2.32. The molecule has 0 aliphatic heterocycles. The van der Waals surface area contributed by atoms with E-state index in [2.05, 4.69) is 36.6 Å². The fourth-order valence-corrected chi connectivity index (χ4v) is 2.83. The molecular formula is C16H13Br2FO4. The van der Waals surface area contributed by atoms with Crippen molar-refractivity contribution in [2.45, 2.75) is 13.5 Å². The topological polar surface area (TPSA) is 44.8 Å². The van der Waals surface area contributed by atoms with Gasteiger partial charge in [-0.25, -0.2) is 9.18 Å². The minimum Gasteiger partial charge on any atom is -0.487 e. The maximum absolute atomic E-state index is 13.7. The zero-order valence-electron chi connectivity index (χ0n) is 12.4. The summed E-state index contributed by atoms with van der Waals surface area (Å²) in [5.41, 5.74) is 1.12. The van der Waals surface area contributed by atoms with Gasteiger partial charge in [0.15, 0.2) is 0 Å². The molecule has 0 atom stereocenters. The van der Waals surface area contributed by atoms with Crippen molar-refractivity contribution >= 4 is 38.0 Å². The molecule has 7 heteroatoms. The molecule has 0 N–H and O–H groups in total. The third kappa shape index (κ3) is 4.45. The van der Waals surface area contributed by atoms with Crippen molar-refractivity contribution < 1.29 is 23.4 Å². The third-order valence-electron chi connectivity index (χ3n) is 3.02. The predicted octanol–water partition coefficient (Wildman–Crippen LogP) is 5.38. The molecule has 0 amide bonds. The molecule has 0 saturated heterocycles. The van der Waals surface area contributed by atoms with Gasteiger partial charge in [-0.15, -0.1) is 0 Å². The summed E-state index contributed by atoms with van der Waals surface area (Å²) in [7, 11) is 1.22. The van der Waals surface area contributed by atoms with Gasteiger partial charge in [-0.1, -0.05) is 22.0 Å². The summed E-state index contributed by atoms with van der Waals surface area (Å²) in [5, 5.41) is 0. The molecule has 2 aromatic rings. The maximum Gasteiger partial charge on any atom is 0.513 e. The number of carbonyl (C=O) groups excluding carboxylic acids is 1. The van der Waals surface area contributed by atoms with Gasteiger partial charge in [0.1, 0.15) is 23.9 Å². The molecule has 23 heavy (non-hydrogen) atoms. The molecule has 0 radical (unpaired) electrons. The van der Waals surface area contributed by atoms with E-state index in [0.29, 0.717) is 31.6 Å². The second-order valence-electron chi connectivity index (χ2n) is 4.59. The van der Waals surface area contributed by atoms with E-state index in [-0.39, 0.29) is 12.4 Å². The summed E-state index contributed by atoms with van der Waals surface area (Å²) in [5.74, 6) is 0.296. The lowest BCUT2D eigenvalue weighted by molar-refractivity contribution is 0.120. The summed E-state index contributed by atoms with van der Waals surface area (Å²) in [4.78, 5) is 11.3. The van der Waals surface area contributed by atoms with Crippen molar-refractivity contribution in [2.24, 2.45) is 0 Å². The Morgan fingerprint density at radius 1 is 1.17 bits per heavy atom. The average Bonchev–Trinajstić information content (AvgIpc) is 2.51. The Balaban J connectivity index is 2.23. The van der Waals surface area contributed by atoms with E-state index in [1.807, 2.05) is 0 Å². The normalized spacial score (nSPS) is 10.3. The number of ether oxygens (including phenoxy) is 3. The number of aryl methyl sites for hydroxylation is 1. The first-order valence-electron chi connectivity index (χ1n) is 6.54. The summed E-state index contributed by atoms with van der Waals surface area (Å²) in [6.07, 6.45) is -0.827. The molecule has 0 aliphatic carbocycles. The monoisotopic (exact) mass is 446 g/mol. The third-order valence-corrected chi connectivity index (χ3v) is 4.38. The number of rotatable bonds is 4. The number of methoxy groups -OCH3 is 1. The maximum atomic E-state index is 13.7. The van der Waals surface area contributed by atoms with Crippen LogP contribution in [0.15, 0.2) is 39.3 Å². The van der Waals surface area contributed by atoms with Gasteiger partial charge >= 0.3 is 6.16 Å². The van der Waals surface area contributed by atoms with Gasteiger partial charge in [0, 0.05) is 16.1 Å². The van der Waals surface area contributed by atoms with Gasteiger partial charge in [0.25, 0.3) is 0 Å². The lowest BCUT2D eigenvalue weighted by atomic mass is 10.2. The van der Waals surface area contributed by atoms with E-state index in [1.165, 1.54) is 13.2 Å². The number of carbonyl (C=O) groups is 1. The summed E-state index contributed by atoms with van der Waals surface area (Å²) < 4.78 is 30.2. The second kappa shape index (κ2) is 7.79. The van der Waals surface area contributed by atoms with Crippen LogP contribution < -0.4 is 9.47 Å². The Morgan fingerprint density at radius 2 is 1.91 bits per heavy atom. The van der Waals surface area contributed by atoms with E-state index in [4.69, 9.17) is 9.47 Å². The number of hydrogen-bond acceptors (Lipinski definition) is 4. The smallest absolute Gasteiger partial charge is 0.487 e. The highest BCUT2D eigenvalue weighted by molar-refractivity contribution is 9.10. The van der Waals surface area contributed by atoms with E-state index in [0.717, 1.165) is 0 Å². The van der Waals surface area contributed by atoms with Crippen LogP contribution in [0, 0.1) is 12.7 Å². The molecule has 0 bridgehead atoms. The standard InChI is InChI=1S/C16H13Br2FO4/c1-9-6-12(18)15(7-13(9)19)22-8-10-11(17)4-3-5-14(10)23-16(20)21-2/h3-7H,8H2,1-2H3. The van der Waals surface area contributed by atoms with Crippen LogP contribution in [0.2, 0.25) is 0 Å². The van der Waals surface area contributed by atoms with Crippen LogP contribution in [0.1, 0.15) is 11.1 Å². The van der Waals surface area contributed by atoms with Crippen LogP contribution in [0.4, 0.5) is 9.18 Å². The Kier molecular flexibility index (Phi) is 6.01. The minimum absolute atomic E-state index is 0.0782. The lowest BCUT2D eigenvalue weighted by Crippen LogP contribution is -2.10. The van der Waals surface area contributed by atoms with Crippen molar-refractivity contribution in [3.05, 3.63) is 56.2 Å². The van der Waals surface area contributed by atoms with Crippen LogP contribution in [0.5, 0.6) is 11.5 Å². The summed E-state index contributed by atoms with van der Waals surface area (Å²) >= 11 is 6.71. The fraction of sp³-hybridized carbons (Fsp3) is 0.188. The van der Waals surface area contributed by atoms with Crippen molar-refractivity contribution in [2.75, 3.05) is 7.11 Å². The van der Waals surface area contributed by atoms with E-state index in [9.17, 15) is 9.18 Å². The van der Waals surface area contributed by atoms with Gasteiger partial charge < -0.3 is 14.2 Å². The number of hydrogen-bond donors (Lipinski definition) is 0. The number of benzene rings is 2. The zero-order chi connectivity index (χ0) is 17.0. The lowest BCUT2D eigenvalue weighted by Gasteiger charge is -2.14. The van der Waals surface area contributed by atoms with Gasteiger partial charge in [0.05, 0.1) is 11.6 Å². The highest BCUT2D eigenvalue weighted by atomic mass is 79.9. The zero-order valence-corrected chi connectivity index (χ0v) is 15.5. The molecule has 0 aliphatic rings. The molecule has 0 unspecified atom stereocenters. The predicted molar refractivity (Wildman–Crippen MR) is 90.3 cm³/mol. The van der Waals surface area contributed by atoms with Crippen molar-refractivity contribution in [3.8, 4) is 11.5 Å². The molecular weight excluding hydrogens is 435 g/mol. The first kappa shape index (κ1) is 17.7. The average molecular weight is 448 g/mol. The number of halogens is 3. The molecule has 4 nitrogen and oxygen atoms in total. The molecule has 2 aromatic carbocycles. The molecule has 2 rings (SSSR count). The Labute approximate surface area is 149 Å². The van der Waals surface area contributed by atoms with Crippen LogP contribution in [0.3, 0.4) is 0 Å². The quantitative estimate of drug-likeness (QED) is 0.466. The first-order chi connectivity index (χ1) is 10.9. The van der Waals surface area contributed by atoms with Crippen molar-refractivity contribution in [3.63, 3.8) is 0 Å². The Morgan fingerprint density at radius 3 is 2.61 bits per heavy atom. The summed E-state index contributed by atoms with van der Waals surface area (Å²) in [6.45, 7) is 1.74. The van der Waals surface area contributed by atoms with Gasteiger partial charge in [-0.2, -0.15) is 0 Å². The Hall–Kier alpha value is -1.60. The van der Waals surface area contributed by atoms with E-state index < -0.39 is 6.16 Å². The van der Waals surface area contributed by atoms with E-state index >= 15 is 0 Å². The molecule has 0 saturated carbocycles.